The number of terminal acetylenes is 1. The van der Waals surface area contributed by atoms with E-state index in [-0.39, 0.29) is 5.91 Å². The number of carbonyl (C=O) groups is 1. The molecular weight excluding hydrogens is 152 g/mol. The summed E-state index contributed by atoms with van der Waals surface area (Å²) in [7, 11) is 0. The maximum absolute atomic E-state index is 11.6. The lowest BCUT2D eigenvalue weighted by atomic mass is 10.0. The van der Waals surface area contributed by atoms with Crippen molar-refractivity contribution in [3.05, 3.63) is 0 Å². The zero-order valence-corrected chi connectivity index (χ0v) is 7.55. The quantitative estimate of drug-likeness (QED) is 0.548. The van der Waals surface area contributed by atoms with E-state index in [0.29, 0.717) is 13.1 Å². The molecule has 1 N–H and O–H groups in total. The molecule has 0 aromatic rings. The number of hydrogen-bond donors (Lipinski definition) is 1. The van der Waals surface area contributed by atoms with E-state index >= 15 is 0 Å². The van der Waals surface area contributed by atoms with E-state index in [0.717, 1.165) is 6.54 Å². The van der Waals surface area contributed by atoms with Crippen LogP contribution in [-0.2, 0) is 4.79 Å². The van der Waals surface area contributed by atoms with E-state index < -0.39 is 5.54 Å². The Morgan fingerprint density at radius 3 is 3.00 bits per heavy atom. The largest absolute Gasteiger partial charge is 0.329 e. The summed E-state index contributed by atoms with van der Waals surface area (Å²) in [5, 5.41) is 3.14. The number of hydrogen-bond acceptors (Lipinski definition) is 2. The third-order valence-corrected chi connectivity index (χ3v) is 2.05. The second kappa shape index (κ2) is 3.16. The molecule has 0 saturated carbocycles. The summed E-state index contributed by atoms with van der Waals surface area (Å²) < 4.78 is 0. The molecule has 0 unspecified atom stereocenters. The molecule has 0 atom stereocenters. The van der Waals surface area contributed by atoms with Crippen molar-refractivity contribution in [1.82, 2.24) is 10.2 Å². The summed E-state index contributed by atoms with van der Waals surface area (Å²) in [6.45, 7) is 5.70. The number of amides is 1. The van der Waals surface area contributed by atoms with Crippen LogP contribution in [0.25, 0.3) is 0 Å². The van der Waals surface area contributed by atoms with Crippen molar-refractivity contribution >= 4 is 5.91 Å². The van der Waals surface area contributed by atoms with E-state index in [1.165, 1.54) is 0 Å². The first-order chi connectivity index (χ1) is 5.58. The van der Waals surface area contributed by atoms with Gasteiger partial charge in [0, 0.05) is 13.1 Å². The number of piperazine rings is 1. The molecule has 66 valence electrons. The van der Waals surface area contributed by atoms with Gasteiger partial charge in [-0.05, 0) is 13.8 Å². The van der Waals surface area contributed by atoms with Crippen LogP contribution in [0.1, 0.15) is 13.8 Å². The molecule has 1 heterocycles. The van der Waals surface area contributed by atoms with Crippen molar-refractivity contribution in [2.45, 2.75) is 19.4 Å². The van der Waals surface area contributed by atoms with E-state index in [1.54, 1.807) is 4.90 Å². The molecule has 12 heavy (non-hydrogen) atoms. The van der Waals surface area contributed by atoms with Gasteiger partial charge in [-0.15, -0.1) is 6.42 Å². The fraction of sp³-hybridized carbons (Fsp3) is 0.667. The molecule has 1 aliphatic heterocycles. The minimum atomic E-state index is -0.449. The highest BCUT2D eigenvalue weighted by atomic mass is 16.2. The molecule has 1 amide bonds. The lowest BCUT2D eigenvalue weighted by molar-refractivity contribution is -0.139. The van der Waals surface area contributed by atoms with Gasteiger partial charge in [0.05, 0.1) is 12.1 Å². The zero-order chi connectivity index (χ0) is 9.19. The molecular formula is C9H14N2O. The van der Waals surface area contributed by atoms with Gasteiger partial charge in [-0.1, -0.05) is 5.92 Å². The monoisotopic (exact) mass is 166 g/mol. The summed E-state index contributed by atoms with van der Waals surface area (Å²) in [6, 6.07) is 0. The number of nitrogens with zero attached hydrogens (tertiary/aromatic N) is 1. The predicted molar refractivity (Wildman–Crippen MR) is 47.5 cm³/mol. The third kappa shape index (κ3) is 1.59. The highest BCUT2D eigenvalue weighted by Gasteiger charge is 2.34. The number of nitrogens with one attached hydrogen (secondary N) is 1. The Bertz CT molecular complexity index is 227. The van der Waals surface area contributed by atoms with Gasteiger partial charge in [0.15, 0.2) is 0 Å². The first kappa shape index (κ1) is 9.08. The Balaban J connectivity index is 2.68. The molecule has 1 saturated heterocycles. The van der Waals surface area contributed by atoms with Crippen molar-refractivity contribution in [2.75, 3.05) is 19.6 Å². The van der Waals surface area contributed by atoms with Crippen LogP contribution in [0.5, 0.6) is 0 Å². The van der Waals surface area contributed by atoms with Crippen LogP contribution in [0.2, 0.25) is 0 Å². The Kier molecular flexibility index (Phi) is 2.39. The minimum Gasteiger partial charge on any atom is -0.329 e. The second-order valence-corrected chi connectivity index (χ2v) is 3.48. The molecule has 0 aromatic heterocycles. The fourth-order valence-corrected chi connectivity index (χ4v) is 1.34. The normalized spacial score (nSPS) is 22.1. The van der Waals surface area contributed by atoms with Crippen molar-refractivity contribution in [2.24, 2.45) is 0 Å². The van der Waals surface area contributed by atoms with Crippen LogP contribution in [0.4, 0.5) is 0 Å². The van der Waals surface area contributed by atoms with Gasteiger partial charge in [0.2, 0.25) is 5.91 Å². The van der Waals surface area contributed by atoms with E-state index in [2.05, 4.69) is 11.2 Å². The molecule has 0 radical (unpaired) electrons. The molecule has 0 aliphatic carbocycles. The van der Waals surface area contributed by atoms with Gasteiger partial charge < -0.3 is 10.2 Å². The molecule has 3 nitrogen and oxygen atoms in total. The van der Waals surface area contributed by atoms with Crippen molar-refractivity contribution < 1.29 is 4.79 Å². The lowest BCUT2D eigenvalue weighted by Gasteiger charge is -2.37. The Hall–Kier alpha value is -1.01. The molecule has 0 bridgehead atoms. The van der Waals surface area contributed by atoms with Gasteiger partial charge in [0.25, 0.3) is 0 Å². The summed E-state index contributed by atoms with van der Waals surface area (Å²) in [4.78, 5) is 13.3. The zero-order valence-electron chi connectivity index (χ0n) is 7.55. The van der Waals surface area contributed by atoms with Gasteiger partial charge in [-0.25, -0.2) is 0 Å². The second-order valence-electron chi connectivity index (χ2n) is 3.48. The Labute approximate surface area is 73.1 Å². The van der Waals surface area contributed by atoms with Crippen LogP contribution in [0.15, 0.2) is 0 Å². The van der Waals surface area contributed by atoms with Crippen LogP contribution in [-0.4, -0.2) is 36.0 Å². The third-order valence-electron chi connectivity index (χ3n) is 2.05. The predicted octanol–water partition coefficient (Wildman–Crippen LogP) is -0.170. The van der Waals surface area contributed by atoms with Crippen molar-refractivity contribution in [3.63, 3.8) is 0 Å². The molecule has 1 fully saturated rings. The fourth-order valence-electron chi connectivity index (χ4n) is 1.34. The Morgan fingerprint density at radius 2 is 2.42 bits per heavy atom. The topological polar surface area (TPSA) is 32.3 Å². The highest BCUT2D eigenvalue weighted by molar-refractivity contribution is 5.86. The molecule has 0 aromatic carbocycles. The highest BCUT2D eigenvalue weighted by Crippen LogP contribution is 2.11. The molecule has 0 spiro atoms. The average molecular weight is 166 g/mol. The molecule has 1 rings (SSSR count). The maximum atomic E-state index is 11.6. The van der Waals surface area contributed by atoms with E-state index in [4.69, 9.17) is 6.42 Å². The lowest BCUT2D eigenvalue weighted by Crippen LogP contribution is -2.61. The smallest absolute Gasteiger partial charge is 0.243 e. The van der Waals surface area contributed by atoms with Gasteiger partial charge >= 0.3 is 0 Å². The SMILES string of the molecule is C#CCN1CCNC(C)(C)C1=O. The summed E-state index contributed by atoms with van der Waals surface area (Å²) in [6.07, 6.45) is 5.15. The Morgan fingerprint density at radius 1 is 1.75 bits per heavy atom. The van der Waals surface area contributed by atoms with Crippen molar-refractivity contribution in [1.29, 1.82) is 0 Å². The van der Waals surface area contributed by atoms with Crippen LogP contribution < -0.4 is 5.32 Å². The molecule has 1 aliphatic rings. The maximum Gasteiger partial charge on any atom is 0.243 e. The number of rotatable bonds is 1. The van der Waals surface area contributed by atoms with Gasteiger partial charge in [-0.3, -0.25) is 4.79 Å². The number of carbonyl (C=O) groups excluding carboxylic acids is 1. The first-order valence-electron chi connectivity index (χ1n) is 4.06. The standard InChI is InChI=1S/C9H14N2O/c1-4-6-11-7-5-10-9(2,3)8(11)12/h1,10H,5-7H2,2-3H3. The summed E-state index contributed by atoms with van der Waals surface area (Å²) in [5.74, 6) is 2.57. The average Bonchev–Trinajstić information content (AvgIpc) is 1.99. The van der Waals surface area contributed by atoms with Crippen LogP contribution in [0, 0.1) is 12.3 Å². The van der Waals surface area contributed by atoms with E-state index in [9.17, 15) is 4.79 Å². The van der Waals surface area contributed by atoms with Crippen molar-refractivity contribution in [3.8, 4) is 12.3 Å². The van der Waals surface area contributed by atoms with E-state index in [1.807, 2.05) is 13.8 Å². The van der Waals surface area contributed by atoms with Gasteiger partial charge in [0.1, 0.15) is 0 Å². The minimum absolute atomic E-state index is 0.0895. The van der Waals surface area contributed by atoms with Gasteiger partial charge in [-0.2, -0.15) is 0 Å². The summed E-state index contributed by atoms with van der Waals surface area (Å²) >= 11 is 0. The van der Waals surface area contributed by atoms with Crippen LogP contribution >= 0.6 is 0 Å². The summed E-state index contributed by atoms with van der Waals surface area (Å²) in [5.41, 5.74) is -0.449. The molecule has 3 heteroatoms. The van der Waals surface area contributed by atoms with Crippen LogP contribution in [0.3, 0.4) is 0 Å². The first-order valence-corrected chi connectivity index (χ1v) is 4.06.